The summed E-state index contributed by atoms with van der Waals surface area (Å²) < 4.78 is 36.6. The lowest BCUT2D eigenvalue weighted by Crippen LogP contribution is -2.36. The number of nitrogens with one attached hydrogen (secondary N) is 1. The van der Waals surface area contributed by atoms with Gasteiger partial charge in [0.05, 0.1) is 6.20 Å². The number of hydrogen-bond acceptors (Lipinski definition) is 3. The molecular weight excluding hydrogens is 255 g/mol. The van der Waals surface area contributed by atoms with E-state index in [9.17, 15) is 22.8 Å². The molecule has 1 aromatic rings. The predicted octanol–water partition coefficient (Wildman–Crippen LogP) is 0.568. The lowest BCUT2D eigenvalue weighted by atomic mass is 10.4. The second-order valence-electron chi connectivity index (χ2n) is 3.47. The van der Waals surface area contributed by atoms with Crippen molar-refractivity contribution in [2.45, 2.75) is 19.6 Å². The van der Waals surface area contributed by atoms with Crippen molar-refractivity contribution in [3.8, 4) is 0 Å². The van der Waals surface area contributed by atoms with E-state index in [2.05, 4.69) is 4.98 Å². The molecule has 9 heteroatoms. The molecule has 0 fully saturated rings. The van der Waals surface area contributed by atoms with Gasteiger partial charge in [-0.05, 0) is 6.92 Å². The molecule has 0 aliphatic rings. The smallest absolute Gasteiger partial charge is 0.405 e. The summed E-state index contributed by atoms with van der Waals surface area (Å²) in [4.78, 5) is 25.7. The number of carboxylic acids is 1. The van der Waals surface area contributed by atoms with Crippen molar-refractivity contribution in [3.05, 3.63) is 17.7 Å². The average molecular weight is 265 g/mol. The Morgan fingerprint density at radius 2 is 2.11 bits per heavy atom. The van der Waals surface area contributed by atoms with Gasteiger partial charge in [-0.3, -0.25) is 4.79 Å². The number of aromatic carboxylic acids is 1. The summed E-state index contributed by atoms with van der Waals surface area (Å²) >= 11 is 0. The largest absolute Gasteiger partial charge is 0.477 e. The van der Waals surface area contributed by atoms with Gasteiger partial charge in [-0.2, -0.15) is 13.2 Å². The highest BCUT2D eigenvalue weighted by atomic mass is 19.4. The number of nitrogens with zero attached hydrogens (tertiary/aromatic N) is 2. The van der Waals surface area contributed by atoms with Crippen LogP contribution < -0.4 is 5.32 Å². The summed E-state index contributed by atoms with van der Waals surface area (Å²) in [6.07, 6.45) is -3.47. The molecule has 6 nitrogen and oxygen atoms in total. The maximum atomic E-state index is 11.9. The first-order chi connectivity index (χ1) is 8.20. The van der Waals surface area contributed by atoms with Gasteiger partial charge in [-0.15, -0.1) is 0 Å². The van der Waals surface area contributed by atoms with Crippen molar-refractivity contribution < 1.29 is 27.9 Å². The van der Waals surface area contributed by atoms with Gasteiger partial charge in [0, 0.05) is 0 Å². The number of carbonyl (C=O) groups is 2. The first-order valence-corrected chi connectivity index (χ1v) is 4.79. The molecular formula is C9H10F3N3O3. The topological polar surface area (TPSA) is 84.2 Å². The van der Waals surface area contributed by atoms with Gasteiger partial charge in [0.15, 0.2) is 0 Å². The van der Waals surface area contributed by atoms with Gasteiger partial charge in [-0.1, -0.05) is 0 Å². The molecule has 1 amide bonds. The molecule has 0 aliphatic carbocycles. The van der Waals surface area contributed by atoms with Gasteiger partial charge < -0.3 is 15.0 Å². The number of carboxylic acid groups (broad SMARTS) is 1. The number of aryl methyl sites for hydroxylation is 1. The maximum absolute atomic E-state index is 11.9. The Hall–Kier alpha value is -2.06. The normalized spacial score (nSPS) is 11.3. The molecule has 0 aliphatic heterocycles. The van der Waals surface area contributed by atoms with Crippen LogP contribution in [0.2, 0.25) is 0 Å². The average Bonchev–Trinajstić information content (AvgIpc) is 2.57. The third-order valence-electron chi connectivity index (χ3n) is 2.06. The van der Waals surface area contributed by atoms with Crippen molar-refractivity contribution in [2.75, 3.05) is 6.54 Å². The van der Waals surface area contributed by atoms with Crippen molar-refractivity contribution in [2.24, 2.45) is 0 Å². The number of aromatic nitrogens is 2. The summed E-state index contributed by atoms with van der Waals surface area (Å²) in [6, 6.07) is 0. The predicted molar refractivity (Wildman–Crippen MR) is 53.0 cm³/mol. The number of hydrogen-bond donors (Lipinski definition) is 2. The van der Waals surface area contributed by atoms with Crippen LogP contribution in [0.25, 0.3) is 0 Å². The Bertz CT molecular complexity index is 467. The second-order valence-corrected chi connectivity index (χ2v) is 3.47. The van der Waals surface area contributed by atoms with Crippen LogP contribution in [0.15, 0.2) is 6.20 Å². The van der Waals surface area contributed by atoms with Crippen LogP contribution in [0.1, 0.15) is 16.3 Å². The van der Waals surface area contributed by atoms with E-state index in [1.165, 1.54) is 6.92 Å². The second kappa shape index (κ2) is 5.07. The Morgan fingerprint density at radius 1 is 1.50 bits per heavy atom. The molecule has 0 bridgehead atoms. The standard InChI is InChI=1S/C9H10F3N3O3/c1-5-13-2-6(8(17)18)15(5)3-7(16)14-4-9(10,11)12/h2H,3-4H2,1H3,(H,14,16)(H,17,18). The van der Waals surface area contributed by atoms with Crippen molar-refractivity contribution >= 4 is 11.9 Å². The molecule has 100 valence electrons. The lowest BCUT2D eigenvalue weighted by molar-refractivity contribution is -0.138. The van der Waals surface area contributed by atoms with Crippen LogP contribution in [0.4, 0.5) is 13.2 Å². The van der Waals surface area contributed by atoms with Crippen LogP contribution in [-0.4, -0.2) is 39.3 Å². The highest BCUT2D eigenvalue weighted by Gasteiger charge is 2.28. The first-order valence-electron chi connectivity index (χ1n) is 4.79. The summed E-state index contributed by atoms with van der Waals surface area (Å²) in [5.74, 6) is -2.01. The highest BCUT2D eigenvalue weighted by molar-refractivity contribution is 5.86. The fraction of sp³-hybridized carbons (Fsp3) is 0.444. The highest BCUT2D eigenvalue weighted by Crippen LogP contribution is 2.12. The minimum absolute atomic E-state index is 0.231. The van der Waals surface area contributed by atoms with E-state index in [1.54, 1.807) is 5.32 Å². The number of alkyl halides is 3. The molecule has 0 radical (unpaired) electrons. The summed E-state index contributed by atoms with van der Waals surface area (Å²) in [7, 11) is 0. The fourth-order valence-electron chi connectivity index (χ4n) is 1.24. The van der Waals surface area contributed by atoms with Crippen molar-refractivity contribution in [1.29, 1.82) is 0 Å². The maximum Gasteiger partial charge on any atom is 0.405 e. The Kier molecular flexibility index (Phi) is 3.94. The van der Waals surface area contributed by atoms with Crippen LogP contribution in [0.5, 0.6) is 0 Å². The fourth-order valence-corrected chi connectivity index (χ4v) is 1.24. The van der Waals surface area contributed by atoms with E-state index in [4.69, 9.17) is 5.11 Å². The number of rotatable bonds is 4. The zero-order valence-corrected chi connectivity index (χ0v) is 9.28. The van der Waals surface area contributed by atoms with E-state index in [0.717, 1.165) is 10.8 Å². The van der Waals surface area contributed by atoms with Gasteiger partial charge in [0.1, 0.15) is 24.6 Å². The quantitative estimate of drug-likeness (QED) is 0.833. The van der Waals surface area contributed by atoms with Crippen LogP contribution in [-0.2, 0) is 11.3 Å². The van der Waals surface area contributed by atoms with E-state index >= 15 is 0 Å². The summed E-state index contributed by atoms with van der Waals surface area (Å²) in [5.41, 5.74) is -0.255. The van der Waals surface area contributed by atoms with Crippen LogP contribution >= 0.6 is 0 Å². The third kappa shape index (κ3) is 3.75. The number of carbonyl (C=O) groups excluding carboxylic acids is 1. The minimum Gasteiger partial charge on any atom is -0.477 e. The zero-order valence-electron chi connectivity index (χ0n) is 9.28. The number of imidazole rings is 1. The van der Waals surface area contributed by atoms with E-state index in [-0.39, 0.29) is 11.5 Å². The van der Waals surface area contributed by atoms with Crippen molar-refractivity contribution in [1.82, 2.24) is 14.9 Å². The molecule has 0 atom stereocenters. The van der Waals surface area contributed by atoms with Gasteiger partial charge in [0.25, 0.3) is 0 Å². The lowest BCUT2D eigenvalue weighted by Gasteiger charge is -2.10. The number of amides is 1. The molecule has 18 heavy (non-hydrogen) atoms. The molecule has 0 aromatic carbocycles. The van der Waals surface area contributed by atoms with Crippen LogP contribution in [0, 0.1) is 6.92 Å². The summed E-state index contributed by atoms with van der Waals surface area (Å²) in [5, 5.41) is 10.4. The van der Waals surface area contributed by atoms with E-state index < -0.39 is 31.1 Å². The minimum atomic E-state index is -4.50. The Morgan fingerprint density at radius 3 is 2.61 bits per heavy atom. The van der Waals surface area contributed by atoms with Crippen LogP contribution in [0.3, 0.4) is 0 Å². The zero-order chi connectivity index (χ0) is 13.9. The molecule has 0 spiro atoms. The Balaban J connectivity index is 2.70. The first kappa shape index (κ1) is 14.0. The van der Waals surface area contributed by atoms with E-state index in [0.29, 0.717) is 0 Å². The molecule has 1 rings (SSSR count). The van der Waals surface area contributed by atoms with Gasteiger partial charge in [-0.25, -0.2) is 9.78 Å². The molecule has 1 aromatic heterocycles. The van der Waals surface area contributed by atoms with Gasteiger partial charge in [0.2, 0.25) is 5.91 Å². The number of halogens is 3. The molecule has 0 saturated carbocycles. The summed E-state index contributed by atoms with van der Waals surface area (Å²) in [6.45, 7) is -0.533. The SMILES string of the molecule is Cc1ncc(C(=O)O)n1CC(=O)NCC(F)(F)F. The van der Waals surface area contributed by atoms with E-state index in [1.807, 2.05) is 0 Å². The van der Waals surface area contributed by atoms with Gasteiger partial charge >= 0.3 is 12.1 Å². The molecule has 0 unspecified atom stereocenters. The molecule has 0 saturated heterocycles. The Labute approximate surface area is 99.4 Å². The molecule has 2 N–H and O–H groups in total. The monoisotopic (exact) mass is 265 g/mol. The molecule has 1 heterocycles. The third-order valence-corrected chi connectivity index (χ3v) is 2.06. The van der Waals surface area contributed by atoms with Crippen molar-refractivity contribution in [3.63, 3.8) is 0 Å².